The second-order valence-corrected chi connectivity index (χ2v) is 5.16. The van der Waals surface area contributed by atoms with E-state index >= 15 is 0 Å². The van der Waals surface area contributed by atoms with Crippen LogP contribution in [0, 0.1) is 18.8 Å². The molecule has 1 saturated carbocycles. The van der Waals surface area contributed by atoms with Crippen LogP contribution in [0.1, 0.15) is 30.8 Å². The number of nitrogens with one attached hydrogen (secondary N) is 1. The molecule has 0 aromatic carbocycles. The van der Waals surface area contributed by atoms with Crippen LogP contribution in [0.4, 0.5) is 0 Å². The molecule has 2 atom stereocenters. The van der Waals surface area contributed by atoms with Crippen molar-refractivity contribution in [1.29, 1.82) is 0 Å². The molecule has 1 amide bonds. The van der Waals surface area contributed by atoms with E-state index in [1.54, 1.807) is 6.08 Å². The van der Waals surface area contributed by atoms with Crippen molar-refractivity contribution in [2.45, 2.75) is 26.2 Å². The van der Waals surface area contributed by atoms with Gasteiger partial charge in [-0.25, -0.2) is 0 Å². The molecular weight excluding hydrogens is 242 g/mol. The molecule has 1 aromatic heterocycles. The number of furan rings is 1. The molecule has 1 aliphatic carbocycles. The number of amides is 1. The summed E-state index contributed by atoms with van der Waals surface area (Å²) in [6.07, 6.45) is 6.46. The molecule has 104 valence electrons. The van der Waals surface area contributed by atoms with Crippen molar-refractivity contribution in [3.05, 3.63) is 29.7 Å². The highest BCUT2D eigenvalue weighted by atomic mass is 16.3. The first kappa shape index (κ1) is 13.9. The second kappa shape index (κ2) is 6.57. The Balaban J connectivity index is 1.77. The number of aryl methyl sites for hydroxylation is 1. The Hall–Kier alpha value is -1.55. The zero-order valence-corrected chi connectivity index (χ0v) is 11.3. The van der Waals surface area contributed by atoms with Gasteiger partial charge in [-0.05, 0) is 49.8 Å². The molecular formula is C15H21NO3. The Labute approximate surface area is 113 Å². The lowest BCUT2D eigenvalue weighted by atomic mass is 9.97. The average Bonchev–Trinajstić information content (AvgIpc) is 3.02. The van der Waals surface area contributed by atoms with Crippen LogP contribution in [0.15, 0.2) is 22.6 Å². The molecule has 1 aliphatic rings. The van der Waals surface area contributed by atoms with E-state index in [9.17, 15) is 9.90 Å². The molecule has 4 heteroatoms. The summed E-state index contributed by atoms with van der Waals surface area (Å²) in [6.45, 7) is 2.74. The summed E-state index contributed by atoms with van der Waals surface area (Å²) < 4.78 is 5.35. The largest absolute Gasteiger partial charge is 0.462 e. The quantitative estimate of drug-likeness (QED) is 0.800. The molecule has 0 aliphatic heterocycles. The monoisotopic (exact) mass is 263 g/mol. The van der Waals surface area contributed by atoms with E-state index in [0.29, 0.717) is 24.1 Å². The first-order valence-corrected chi connectivity index (χ1v) is 6.82. The van der Waals surface area contributed by atoms with E-state index in [0.717, 1.165) is 25.0 Å². The van der Waals surface area contributed by atoms with Crippen LogP contribution < -0.4 is 5.32 Å². The lowest BCUT2D eigenvalue weighted by molar-refractivity contribution is -0.116. The van der Waals surface area contributed by atoms with Crippen LogP contribution in [0.5, 0.6) is 0 Å². The summed E-state index contributed by atoms with van der Waals surface area (Å²) in [4.78, 5) is 11.7. The number of carbonyl (C=O) groups is 1. The third-order valence-corrected chi connectivity index (χ3v) is 3.75. The van der Waals surface area contributed by atoms with Crippen molar-refractivity contribution in [2.75, 3.05) is 13.2 Å². The van der Waals surface area contributed by atoms with E-state index in [2.05, 4.69) is 5.32 Å². The van der Waals surface area contributed by atoms with Crippen molar-refractivity contribution >= 4 is 12.0 Å². The fraction of sp³-hybridized carbons (Fsp3) is 0.533. The third kappa shape index (κ3) is 3.96. The summed E-state index contributed by atoms with van der Waals surface area (Å²) in [5.74, 6) is 2.15. The van der Waals surface area contributed by atoms with Crippen molar-refractivity contribution in [1.82, 2.24) is 5.32 Å². The first-order chi connectivity index (χ1) is 9.19. The Morgan fingerprint density at radius 2 is 2.26 bits per heavy atom. The fourth-order valence-electron chi connectivity index (χ4n) is 2.61. The van der Waals surface area contributed by atoms with E-state index < -0.39 is 0 Å². The van der Waals surface area contributed by atoms with Gasteiger partial charge in [-0.2, -0.15) is 0 Å². The first-order valence-electron chi connectivity index (χ1n) is 6.82. The maximum atomic E-state index is 11.7. The van der Waals surface area contributed by atoms with Gasteiger partial charge < -0.3 is 14.8 Å². The predicted molar refractivity (Wildman–Crippen MR) is 73.4 cm³/mol. The van der Waals surface area contributed by atoms with Gasteiger partial charge in [0.2, 0.25) is 5.91 Å². The van der Waals surface area contributed by atoms with Gasteiger partial charge in [0.05, 0.1) is 0 Å². The normalized spacial score (nSPS) is 23.1. The molecule has 1 fully saturated rings. The van der Waals surface area contributed by atoms with Crippen LogP contribution in [0.25, 0.3) is 6.08 Å². The molecule has 4 nitrogen and oxygen atoms in total. The molecule has 0 bridgehead atoms. The highest BCUT2D eigenvalue weighted by Gasteiger charge is 2.26. The summed E-state index contributed by atoms with van der Waals surface area (Å²) in [7, 11) is 0. The number of aliphatic hydroxyl groups is 1. The number of hydrogen-bond donors (Lipinski definition) is 2. The Morgan fingerprint density at radius 3 is 2.95 bits per heavy atom. The second-order valence-electron chi connectivity index (χ2n) is 5.16. The minimum Gasteiger partial charge on any atom is -0.462 e. The van der Waals surface area contributed by atoms with Gasteiger partial charge in [0.15, 0.2) is 0 Å². The third-order valence-electron chi connectivity index (χ3n) is 3.75. The van der Waals surface area contributed by atoms with E-state index in [1.807, 2.05) is 19.1 Å². The molecule has 0 saturated heterocycles. The Bertz CT molecular complexity index is 450. The maximum absolute atomic E-state index is 11.7. The number of aliphatic hydroxyl groups excluding tert-OH is 1. The van der Waals surface area contributed by atoms with Gasteiger partial charge in [0.1, 0.15) is 11.5 Å². The van der Waals surface area contributed by atoms with Crippen LogP contribution in [0.3, 0.4) is 0 Å². The average molecular weight is 263 g/mol. The minimum absolute atomic E-state index is 0.113. The van der Waals surface area contributed by atoms with Crippen molar-refractivity contribution in [3.8, 4) is 0 Å². The molecule has 1 heterocycles. The molecule has 2 N–H and O–H groups in total. The topological polar surface area (TPSA) is 62.5 Å². The van der Waals surface area contributed by atoms with E-state index in [-0.39, 0.29) is 12.5 Å². The molecule has 0 spiro atoms. The smallest absolute Gasteiger partial charge is 0.244 e. The SMILES string of the molecule is Cc1ccc(C=CC(=O)NCC2CCCC2CO)o1. The van der Waals surface area contributed by atoms with Gasteiger partial charge in [-0.3, -0.25) is 4.79 Å². The van der Waals surface area contributed by atoms with Gasteiger partial charge in [0, 0.05) is 19.2 Å². The number of hydrogen-bond acceptors (Lipinski definition) is 3. The molecule has 2 unspecified atom stereocenters. The molecule has 2 rings (SSSR count). The molecule has 19 heavy (non-hydrogen) atoms. The number of carbonyl (C=O) groups excluding carboxylic acids is 1. The van der Waals surface area contributed by atoms with E-state index in [4.69, 9.17) is 4.42 Å². The lowest BCUT2D eigenvalue weighted by Crippen LogP contribution is -2.30. The van der Waals surface area contributed by atoms with Crippen molar-refractivity contribution in [3.63, 3.8) is 0 Å². The van der Waals surface area contributed by atoms with Crippen LogP contribution in [-0.4, -0.2) is 24.2 Å². The zero-order chi connectivity index (χ0) is 13.7. The van der Waals surface area contributed by atoms with Crippen molar-refractivity contribution in [2.24, 2.45) is 11.8 Å². The van der Waals surface area contributed by atoms with Crippen molar-refractivity contribution < 1.29 is 14.3 Å². The van der Waals surface area contributed by atoms with Gasteiger partial charge >= 0.3 is 0 Å². The van der Waals surface area contributed by atoms with Crippen LogP contribution in [-0.2, 0) is 4.79 Å². The van der Waals surface area contributed by atoms with Crippen LogP contribution >= 0.6 is 0 Å². The standard InChI is InChI=1S/C15H21NO3/c1-11-5-6-14(19-11)7-8-15(18)16-9-12-3-2-4-13(12)10-17/h5-8,12-13,17H,2-4,9-10H2,1H3,(H,16,18). The summed E-state index contributed by atoms with van der Waals surface area (Å²) >= 11 is 0. The van der Waals surface area contributed by atoms with Gasteiger partial charge in [0.25, 0.3) is 0 Å². The molecule has 0 radical (unpaired) electrons. The predicted octanol–water partition coefficient (Wildman–Crippen LogP) is 2.13. The number of rotatable bonds is 5. The lowest BCUT2D eigenvalue weighted by Gasteiger charge is -2.17. The minimum atomic E-state index is -0.113. The molecule has 1 aromatic rings. The highest BCUT2D eigenvalue weighted by Crippen LogP contribution is 2.30. The highest BCUT2D eigenvalue weighted by molar-refractivity contribution is 5.91. The summed E-state index contributed by atoms with van der Waals surface area (Å²) in [5.41, 5.74) is 0. The van der Waals surface area contributed by atoms with Gasteiger partial charge in [-0.1, -0.05) is 6.42 Å². The maximum Gasteiger partial charge on any atom is 0.244 e. The Morgan fingerprint density at radius 1 is 1.47 bits per heavy atom. The zero-order valence-electron chi connectivity index (χ0n) is 11.3. The fourth-order valence-corrected chi connectivity index (χ4v) is 2.61. The summed E-state index contributed by atoms with van der Waals surface area (Å²) in [6, 6.07) is 3.69. The summed E-state index contributed by atoms with van der Waals surface area (Å²) in [5, 5.41) is 12.1. The van der Waals surface area contributed by atoms with E-state index in [1.165, 1.54) is 6.08 Å². The van der Waals surface area contributed by atoms with Gasteiger partial charge in [-0.15, -0.1) is 0 Å². The Kier molecular flexibility index (Phi) is 4.80. The van der Waals surface area contributed by atoms with Crippen LogP contribution in [0.2, 0.25) is 0 Å².